The van der Waals surface area contributed by atoms with Crippen LogP contribution in [-0.2, 0) is 0 Å². The molecule has 0 amide bonds. The summed E-state index contributed by atoms with van der Waals surface area (Å²) >= 11 is 0. The Morgan fingerprint density at radius 1 is 0.600 bits per heavy atom. The van der Waals surface area contributed by atoms with Crippen LogP contribution in [0.15, 0.2) is 0 Å². The van der Waals surface area contributed by atoms with Gasteiger partial charge in [-0.3, -0.25) is 0 Å². The monoisotopic (exact) mass is 208 g/mol. The Hall–Kier alpha value is 0. The minimum Gasteiger partial charge on any atom is -0.0625 e. The average molecular weight is 208 g/mol. The third-order valence-corrected chi connectivity index (χ3v) is 4.77. The highest BCUT2D eigenvalue weighted by molar-refractivity contribution is 4.73. The molecule has 2 saturated carbocycles. The normalized spacial score (nSPS) is 39.4. The summed E-state index contributed by atoms with van der Waals surface area (Å²) in [7, 11) is 0. The Bertz CT molecular complexity index is 173. The van der Waals surface area contributed by atoms with E-state index in [1.54, 1.807) is 25.7 Å². The van der Waals surface area contributed by atoms with Crippen LogP contribution in [0.4, 0.5) is 0 Å². The lowest BCUT2D eigenvalue weighted by Gasteiger charge is -2.25. The third kappa shape index (κ3) is 3.81. The van der Waals surface area contributed by atoms with Crippen molar-refractivity contribution in [3.63, 3.8) is 0 Å². The summed E-state index contributed by atoms with van der Waals surface area (Å²) in [5.41, 5.74) is 0. The van der Waals surface area contributed by atoms with Gasteiger partial charge in [-0.1, -0.05) is 71.1 Å². The Morgan fingerprint density at radius 2 is 1.27 bits per heavy atom. The fraction of sp³-hybridized carbons (Fsp3) is 1.00. The second-order valence-corrected chi connectivity index (χ2v) is 6.22. The Labute approximate surface area is 95.8 Å². The summed E-state index contributed by atoms with van der Waals surface area (Å²) in [6, 6.07) is 0. The molecular formula is C15H28. The van der Waals surface area contributed by atoms with E-state index in [0.717, 1.165) is 17.8 Å². The van der Waals surface area contributed by atoms with E-state index in [4.69, 9.17) is 0 Å². The van der Waals surface area contributed by atoms with E-state index >= 15 is 0 Å². The van der Waals surface area contributed by atoms with Crippen LogP contribution < -0.4 is 0 Å². The maximum absolute atomic E-state index is 2.47. The Morgan fingerprint density at radius 3 is 2.07 bits per heavy atom. The molecule has 2 rings (SSSR count). The van der Waals surface area contributed by atoms with E-state index in [2.05, 4.69) is 6.92 Å². The summed E-state index contributed by atoms with van der Waals surface area (Å²) in [6.45, 7) is 2.47. The molecule has 0 aliphatic heterocycles. The molecule has 3 unspecified atom stereocenters. The van der Waals surface area contributed by atoms with Crippen molar-refractivity contribution in [2.24, 2.45) is 17.8 Å². The quantitative estimate of drug-likeness (QED) is 0.515. The maximum atomic E-state index is 2.47. The summed E-state index contributed by atoms with van der Waals surface area (Å²) in [6.07, 6.45) is 16.8. The minimum absolute atomic E-state index is 1.01. The van der Waals surface area contributed by atoms with Crippen LogP contribution in [0.25, 0.3) is 0 Å². The van der Waals surface area contributed by atoms with Crippen LogP contribution in [0, 0.1) is 17.8 Å². The van der Waals surface area contributed by atoms with Crippen molar-refractivity contribution in [3.8, 4) is 0 Å². The van der Waals surface area contributed by atoms with Gasteiger partial charge in [-0.15, -0.1) is 0 Å². The topological polar surface area (TPSA) is 0 Å². The minimum atomic E-state index is 1.01. The zero-order chi connectivity index (χ0) is 10.5. The molecule has 0 heteroatoms. The van der Waals surface area contributed by atoms with Gasteiger partial charge in [0.15, 0.2) is 0 Å². The van der Waals surface area contributed by atoms with Crippen molar-refractivity contribution < 1.29 is 0 Å². The fourth-order valence-corrected chi connectivity index (χ4v) is 3.69. The lowest BCUT2D eigenvalue weighted by Crippen LogP contribution is -2.11. The van der Waals surface area contributed by atoms with Crippen molar-refractivity contribution in [1.82, 2.24) is 0 Å². The zero-order valence-electron chi connectivity index (χ0n) is 10.5. The van der Waals surface area contributed by atoms with Gasteiger partial charge >= 0.3 is 0 Å². The van der Waals surface area contributed by atoms with Crippen molar-refractivity contribution in [2.45, 2.75) is 77.6 Å². The van der Waals surface area contributed by atoms with Gasteiger partial charge in [0.25, 0.3) is 0 Å². The number of hydrogen-bond acceptors (Lipinski definition) is 0. The van der Waals surface area contributed by atoms with Crippen LogP contribution in [0.3, 0.4) is 0 Å². The molecule has 0 N–H and O–H groups in total. The highest BCUT2D eigenvalue weighted by Crippen LogP contribution is 2.35. The first-order chi connectivity index (χ1) is 7.34. The van der Waals surface area contributed by atoms with Crippen molar-refractivity contribution >= 4 is 0 Å². The second-order valence-electron chi connectivity index (χ2n) is 6.22. The standard InChI is InChI=1S/C15H28/c1-13-6-5-9-14-7-3-2-4-8-15(12-14)11-10-13/h13-15H,2-12H2,1H3. The highest BCUT2D eigenvalue weighted by Gasteiger charge is 2.21. The molecule has 3 atom stereocenters. The predicted octanol–water partition coefficient (Wildman–Crippen LogP) is 5.17. The van der Waals surface area contributed by atoms with Crippen LogP contribution in [0.2, 0.25) is 0 Å². The Balaban J connectivity index is 1.93. The summed E-state index contributed by atoms with van der Waals surface area (Å²) < 4.78 is 0. The Kier molecular flexibility index (Phi) is 4.53. The molecule has 0 spiro atoms. The molecule has 0 heterocycles. The summed E-state index contributed by atoms with van der Waals surface area (Å²) in [5, 5.41) is 0. The van der Waals surface area contributed by atoms with Gasteiger partial charge in [-0.2, -0.15) is 0 Å². The van der Waals surface area contributed by atoms with E-state index < -0.39 is 0 Å². The van der Waals surface area contributed by atoms with Crippen LogP contribution in [-0.4, -0.2) is 0 Å². The average Bonchev–Trinajstić information content (AvgIpc) is 2.27. The van der Waals surface area contributed by atoms with Gasteiger partial charge in [0.1, 0.15) is 0 Å². The number of hydrogen-bond donors (Lipinski definition) is 0. The lowest BCUT2D eigenvalue weighted by molar-refractivity contribution is 0.273. The highest BCUT2D eigenvalue weighted by atomic mass is 14.3. The smallest absolute Gasteiger partial charge is 0.0412 e. The second kappa shape index (κ2) is 5.92. The molecule has 2 aliphatic rings. The van der Waals surface area contributed by atoms with E-state index in [-0.39, 0.29) is 0 Å². The van der Waals surface area contributed by atoms with Crippen LogP contribution in [0.5, 0.6) is 0 Å². The zero-order valence-corrected chi connectivity index (χ0v) is 10.5. The molecule has 2 fully saturated rings. The van der Waals surface area contributed by atoms with Gasteiger partial charge in [0.05, 0.1) is 0 Å². The molecule has 0 nitrogen and oxygen atoms in total. The first kappa shape index (κ1) is 11.5. The van der Waals surface area contributed by atoms with E-state index in [1.807, 2.05) is 0 Å². The summed E-state index contributed by atoms with van der Waals surface area (Å²) in [4.78, 5) is 0. The SMILES string of the molecule is CC1CCCC2CCCCCC(CC1)C2. The molecule has 15 heavy (non-hydrogen) atoms. The van der Waals surface area contributed by atoms with E-state index in [0.29, 0.717) is 0 Å². The number of fused-ring (bicyclic) bond motifs is 2. The van der Waals surface area contributed by atoms with Gasteiger partial charge < -0.3 is 0 Å². The van der Waals surface area contributed by atoms with E-state index in [9.17, 15) is 0 Å². The first-order valence-electron chi connectivity index (χ1n) is 7.34. The summed E-state index contributed by atoms with van der Waals surface area (Å²) in [5.74, 6) is 3.20. The molecule has 0 aromatic carbocycles. The predicted molar refractivity (Wildman–Crippen MR) is 66.9 cm³/mol. The molecule has 2 aliphatic carbocycles. The number of rotatable bonds is 0. The van der Waals surface area contributed by atoms with Crippen molar-refractivity contribution in [1.29, 1.82) is 0 Å². The molecule has 88 valence electrons. The van der Waals surface area contributed by atoms with Gasteiger partial charge in [-0.05, 0) is 24.2 Å². The molecule has 0 saturated heterocycles. The molecule has 2 bridgehead atoms. The van der Waals surface area contributed by atoms with Gasteiger partial charge in [0.2, 0.25) is 0 Å². The van der Waals surface area contributed by atoms with E-state index in [1.165, 1.54) is 44.9 Å². The molecule has 0 aromatic heterocycles. The molecule has 0 aromatic rings. The van der Waals surface area contributed by atoms with Crippen molar-refractivity contribution in [3.05, 3.63) is 0 Å². The van der Waals surface area contributed by atoms with Crippen LogP contribution in [0.1, 0.15) is 77.6 Å². The largest absolute Gasteiger partial charge is 0.0625 e. The molecule has 0 radical (unpaired) electrons. The maximum Gasteiger partial charge on any atom is -0.0412 e. The molecular weight excluding hydrogens is 180 g/mol. The van der Waals surface area contributed by atoms with Crippen molar-refractivity contribution in [2.75, 3.05) is 0 Å². The fourth-order valence-electron chi connectivity index (χ4n) is 3.69. The first-order valence-corrected chi connectivity index (χ1v) is 7.34. The van der Waals surface area contributed by atoms with Crippen LogP contribution >= 0.6 is 0 Å². The van der Waals surface area contributed by atoms with Gasteiger partial charge in [0, 0.05) is 0 Å². The lowest BCUT2D eigenvalue weighted by atomic mass is 9.81. The third-order valence-electron chi connectivity index (χ3n) is 4.77. The van der Waals surface area contributed by atoms with Gasteiger partial charge in [-0.25, -0.2) is 0 Å².